The van der Waals surface area contributed by atoms with Crippen molar-refractivity contribution in [1.29, 1.82) is 0 Å². The second-order valence-electron chi connectivity index (χ2n) is 10.9. The van der Waals surface area contributed by atoms with Crippen molar-refractivity contribution in [2.24, 2.45) is 0 Å². The zero-order chi connectivity index (χ0) is 28.3. The van der Waals surface area contributed by atoms with Crippen LogP contribution in [0.25, 0.3) is 65.8 Å². The number of anilines is 3. The Hall–Kier alpha value is -5.80. The number of benzene rings is 7. The smallest absolute Gasteiger partial charge is 0.160 e. The summed E-state index contributed by atoms with van der Waals surface area (Å²) >= 11 is 0. The van der Waals surface area contributed by atoms with Gasteiger partial charge in [0, 0.05) is 27.1 Å². The van der Waals surface area contributed by atoms with Crippen LogP contribution in [0.3, 0.4) is 0 Å². The highest BCUT2D eigenvalue weighted by atomic mass is 16.3. The Kier molecular flexibility index (Phi) is 5.20. The Balaban J connectivity index is 1.50. The largest absolute Gasteiger partial charge is 0.456 e. The molecule has 2 heterocycles. The molecule has 0 bridgehead atoms. The minimum Gasteiger partial charge on any atom is -0.456 e. The summed E-state index contributed by atoms with van der Waals surface area (Å²) in [4.78, 5) is 2.39. The first-order valence-corrected chi connectivity index (χ1v) is 14.5. The van der Waals surface area contributed by atoms with Gasteiger partial charge in [0.1, 0.15) is 16.7 Å². The first-order chi connectivity index (χ1) is 21.3. The van der Waals surface area contributed by atoms with E-state index in [9.17, 15) is 0 Å². The second-order valence-corrected chi connectivity index (χ2v) is 10.9. The molecule has 0 radical (unpaired) electrons. The fraction of sp³-hybridized carbons (Fsp3) is 0. The lowest BCUT2D eigenvalue weighted by molar-refractivity contribution is 0.668. The number of fused-ring (bicyclic) bond motifs is 7. The lowest BCUT2D eigenvalue weighted by Crippen LogP contribution is -2.12. The maximum Gasteiger partial charge on any atom is 0.160 e. The third kappa shape index (κ3) is 3.62. The molecule has 3 nitrogen and oxygen atoms in total. The minimum atomic E-state index is 0.847. The van der Waals surface area contributed by atoms with Crippen LogP contribution in [0, 0.1) is 0 Å². The summed E-state index contributed by atoms with van der Waals surface area (Å²) in [6.45, 7) is 0. The van der Waals surface area contributed by atoms with Gasteiger partial charge in [-0.05, 0) is 47.3 Å². The lowest BCUT2D eigenvalue weighted by atomic mass is 9.97. The van der Waals surface area contributed by atoms with Crippen molar-refractivity contribution in [3.05, 3.63) is 152 Å². The van der Waals surface area contributed by atoms with Crippen molar-refractivity contribution in [2.75, 3.05) is 4.90 Å². The monoisotopic (exact) mass is 551 g/mol. The Labute approximate surface area is 247 Å². The van der Waals surface area contributed by atoms with Crippen LogP contribution in [0.5, 0.6) is 0 Å². The number of hydrogen-bond donors (Lipinski definition) is 0. The van der Waals surface area contributed by atoms with E-state index in [1.54, 1.807) is 0 Å². The fourth-order valence-electron chi connectivity index (χ4n) is 6.56. The molecular formula is C40H25NO2. The molecule has 0 N–H and O–H groups in total. The topological polar surface area (TPSA) is 29.5 Å². The highest BCUT2D eigenvalue weighted by Gasteiger charge is 2.27. The van der Waals surface area contributed by atoms with Gasteiger partial charge in [-0.25, -0.2) is 0 Å². The number of nitrogens with zero attached hydrogens (tertiary/aromatic N) is 1. The summed E-state index contributed by atoms with van der Waals surface area (Å²) < 4.78 is 13.2. The summed E-state index contributed by atoms with van der Waals surface area (Å²) in [5.74, 6) is 0. The van der Waals surface area contributed by atoms with Gasteiger partial charge in [-0.3, -0.25) is 0 Å². The molecule has 0 atom stereocenters. The molecule has 2 aromatic heterocycles. The van der Waals surface area contributed by atoms with Crippen LogP contribution in [0.15, 0.2) is 160 Å². The molecule has 0 fully saturated rings. The Morgan fingerprint density at radius 2 is 1.02 bits per heavy atom. The van der Waals surface area contributed by atoms with Crippen LogP contribution in [-0.4, -0.2) is 0 Å². The standard InChI is InChI=1S/C40H25NO2/c1-2-12-27(13-3-1)29-24-25-31-30-17-6-8-21-35(30)43-40(31)39(29)41(33-19-10-15-26-14-4-5-16-28(26)33)34-20-11-23-37-38(34)32-18-7-9-22-36(32)42-37/h1-25H. The molecule has 0 aliphatic rings. The Bertz CT molecular complexity index is 2460. The summed E-state index contributed by atoms with van der Waals surface area (Å²) in [5.41, 5.74) is 8.74. The first-order valence-electron chi connectivity index (χ1n) is 14.5. The van der Waals surface area contributed by atoms with Gasteiger partial charge in [0.05, 0.1) is 22.4 Å². The predicted molar refractivity (Wildman–Crippen MR) is 179 cm³/mol. The fourth-order valence-corrected chi connectivity index (χ4v) is 6.56. The van der Waals surface area contributed by atoms with Crippen molar-refractivity contribution in [1.82, 2.24) is 0 Å². The van der Waals surface area contributed by atoms with Crippen molar-refractivity contribution >= 4 is 71.7 Å². The summed E-state index contributed by atoms with van der Waals surface area (Å²) in [6.07, 6.45) is 0. The predicted octanol–water partition coefficient (Wildman–Crippen LogP) is 11.8. The molecular weight excluding hydrogens is 526 g/mol. The third-order valence-corrected chi connectivity index (χ3v) is 8.46. The van der Waals surface area contributed by atoms with Gasteiger partial charge in [-0.1, -0.05) is 115 Å². The highest BCUT2D eigenvalue weighted by molar-refractivity contribution is 6.19. The molecule has 9 aromatic rings. The average Bonchev–Trinajstić information content (AvgIpc) is 3.64. The van der Waals surface area contributed by atoms with E-state index in [4.69, 9.17) is 8.83 Å². The number of rotatable bonds is 4. The summed E-state index contributed by atoms with van der Waals surface area (Å²) in [5, 5.41) is 6.66. The molecule has 0 amide bonds. The van der Waals surface area contributed by atoms with Crippen molar-refractivity contribution < 1.29 is 8.83 Å². The minimum absolute atomic E-state index is 0.847. The summed E-state index contributed by atoms with van der Waals surface area (Å²) in [7, 11) is 0. The molecule has 0 saturated carbocycles. The van der Waals surface area contributed by atoms with Gasteiger partial charge < -0.3 is 13.7 Å². The van der Waals surface area contributed by atoms with E-state index in [0.29, 0.717) is 0 Å². The van der Waals surface area contributed by atoms with Crippen molar-refractivity contribution in [2.45, 2.75) is 0 Å². The Morgan fingerprint density at radius 3 is 1.88 bits per heavy atom. The molecule has 202 valence electrons. The normalized spacial score (nSPS) is 11.7. The lowest BCUT2D eigenvalue weighted by Gasteiger charge is -2.29. The van der Waals surface area contributed by atoms with Crippen LogP contribution >= 0.6 is 0 Å². The van der Waals surface area contributed by atoms with E-state index in [0.717, 1.165) is 77.5 Å². The quantitative estimate of drug-likeness (QED) is 0.218. The maximum absolute atomic E-state index is 6.80. The highest BCUT2D eigenvalue weighted by Crippen LogP contribution is 2.51. The van der Waals surface area contributed by atoms with Crippen LogP contribution in [0.1, 0.15) is 0 Å². The average molecular weight is 552 g/mol. The number of hydrogen-bond acceptors (Lipinski definition) is 3. The number of furan rings is 2. The van der Waals surface area contributed by atoms with E-state index in [1.807, 2.05) is 24.3 Å². The van der Waals surface area contributed by atoms with Gasteiger partial charge in [-0.15, -0.1) is 0 Å². The molecule has 3 heteroatoms. The molecule has 0 unspecified atom stereocenters. The molecule has 9 rings (SSSR count). The number of para-hydroxylation sites is 2. The molecule has 0 aliphatic carbocycles. The van der Waals surface area contributed by atoms with Crippen molar-refractivity contribution in [3.63, 3.8) is 0 Å². The van der Waals surface area contributed by atoms with E-state index >= 15 is 0 Å². The van der Waals surface area contributed by atoms with Crippen LogP contribution in [0.2, 0.25) is 0 Å². The Morgan fingerprint density at radius 1 is 0.395 bits per heavy atom. The van der Waals surface area contributed by atoms with Crippen LogP contribution < -0.4 is 4.90 Å². The zero-order valence-electron chi connectivity index (χ0n) is 23.2. The second kappa shape index (κ2) is 9.37. The molecule has 43 heavy (non-hydrogen) atoms. The summed E-state index contributed by atoms with van der Waals surface area (Å²) in [6, 6.07) is 53.0. The van der Waals surface area contributed by atoms with Crippen molar-refractivity contribution in [3.8, 4) is 11.1 Å². The van der Waals surface area contributed by atoms with E-state index in [2.05, 4.69) is 132 Å². The molecule has 7 aromatic carbocycles. The van der Waals surface area contributed by atoms with E-state index in [1.165, 1.54) is 5.39 Å². The van der Waals surface area contributed by atoms with Gasteiger partial charge in [0.2, 0.25) is 0 Å². The van der Waals surface area contributed by atoms with E-state index in [-0.39, 0.29) is 0 Å². The third-order valence-electron chi connectivity index (χ3n) is 8.46. The van der Waals surface area contributed by atoms with Gasteiger partial charge in [0.25, 0.3) is 0 Å². The van der Waals surface area contributed by atoms with Crippen LogP contribution in [0.4, 0.5) is 17.1 Å². The van der Waals surface area contributed by atoms with Gasteiger partial charge in [0.15, 0.2) is 5.58 Å². The van der Waals surface area contributed by atoms with Gasteiger partial charge in [-0.2, -0.15) is 0 Å². The van der Waals surface area contributed by atoms with E-state index < -0.39 is 0 Å². The van der Waals surface area contributed by atoms with Crippen LogP contribution in [-0.2, 0) is 0 Å². The SMILES string of the molecule is c1ccc(-c2ccc3c(oc4ccccc43)c2N(c2cccc3ccccc23)c2cccc3oc4ccccc4c23)cc1. The molecule has 0 aliphatic heterocycles. The van der Waals surface area contributed by atoms with Gasteiger partial charge >= 0.3 is 0 Å². The molecule has 0 saturated heterocycles. The molecule has 0 spiro atoms. The first kappa shape index (κ1) is 23.9. The maximum atomic E-state index is 6.80. The zero-order valence-corrected chi connectivity index (χ0v) is 23.2.